The maximum Gasteiger partial charge on any atom is 0.246 e. The van der Waals surface area contributed by atoms with Gasteiger partial charge in [-0.2, -0.15) is 0 Å². The first-order valence-electron chi connectivity index (χ1n) is 5.81. The number of carbonyl (C=O) groups is 2. The zero-order valence-electron chi connectivity index (χ0n) is 10.3. The van der Waals surface area contributed by atoms with Crippen molar-refractivity contribution in [1.82, 2.24) is 10.2 Å². The molecule has 1 fully saturated rings. The van der Waals surface area contributed by atoms with Gasteiger partial charge in [-0.15, -0.1) is 0 Å². The van der Waals surface area contributed by atoms with Crippen molar-refractivity contribution in [1.29, 1.82) is 0 Å². The second-order valence-corrected chi connectivity index (χ2v) is 4.92. The van der Waals surface area contributed by atoms with Crippen LogP contribution in [0, 0.1) is 0 Å². The molecule has 4 nitrogen and oxygen atoms in total. The lowest BCUT2D eigenvalue weighted by atomic mass is 10.1. The molecule has 1 aromatic carbocycles. The van der Waals surface area contributed by atoms with E-state index < -0.39 is 6.04 Å². The van der Waals surface area contributed by atoms with Crippen LogP contribution in [0.15, 0.2) is 24.3 Å². The Hall–Kier alpha value is -1.39. The highest BCUT2D eigenvalue weighted by atomic mass is 35.5. The van der Waals surface area contributed by atoms with Crippen LogP contribution in [0.5, 0.6) is 0 Å². The summed E-state index contributed by atoms with van der Waals surface area (Å²) in [6.07, 6.45) is 0.229. The van der Waals surface area contributed by atoms with Crippen LogP contribution in [0.2, 0.25) is 5.02 Å². The van der Waals surface area contributed by atoms with Gasteiger partial charge in [0, 0.05) is 18.1 Å². The Bertz CT molecular complexity index is 472. The summed E-state index contributed by atoms with van der Waals surface area (Å²) >= 11 is 5.82. The maximum atomic E-state index is 11.8. The number of amides is 2. The Morgan fingerprint density at radius 1 is 1.33 bits per heavy atom. The fourth-order valence-electron chi connectivity index (χ4n) is 2.04. The van der Waals surface area contributed by atoms with Crippen LogP contribution in [0.1, 0.15) is 24.9 Å². The number of benzene rings is 1. The van der Waals surface area contributed by atoms with Gasteiger partial charge in [-0.3, -0.25) is 19.8 Å². The van der Waals surface area contributed by atoms with Gasteiger partial charge in [0.25, 0.3) is 0 Å². The van der Waals surface area contributed by atoms with E-state index in [1.165, 1.54) is 11.9 Å². The third kappa shape index (κ3) is 2.54. The average Bonchev–Trinajstić information content (AvgIpc) is 2.58. The quantitative estimate of drug-likeness (QED) is 0.848. The molecule has 1 aromatic rings. The smallest absolute Gasteiger partial charge is 0.246 e. The zero-order chi connectivity index (χ0) is 13.3. The van der Waals surface area contributed by atoms with Gasteiger partial charge in [-0.05, 0) is 24.6 Å². The Labute approximate surface area is 111 Å². The van der Waals surface area contributed by atoms with E-state index in [1.807, 2.05) is 31.2 Å². The molecule has 0 saturated carbocycles. The summed E-state index contributed by atoms with van der Waals surface area (Å²) in [4.78, 5) is 24.3. The van der Waals surface area contributed by atoms with Crippen LogP contribution in [-0.2, 0) is 9.59 Å². The second-order valence-electron chi connectivity index (χ2n) is 4.49. The topological polar surface area (TPSA) is 49.4 Å². The highest BCUT2D eigenvalue weighted by Gasteiger charge is 2.36. The van der Waals surface area contributed by atoms with Crippen molar-refractivity contribution in [3.63, 3.8) is 0 Å². The van der Waals surface area contributed by atoms with Gasteiger partial charge >= 0.3 is 0 Å². The lowest BCUT2D eigenvalue weighted by Crippen LogP contribution is -2.38. The molecule has 1 aliphatic rings. The Kier molecular flexibility index (Phi) is 3.68. The average molecular weight is 267 g/mol. The predicted octanol–water partition coefficient (Wildman–Crippen LogP) is 1.75. The standard InChI is InChI=1S/C13H15ClN2O2/c1-8(9-3-5-10(14)6-4-9)15-11-7-12(17)16(2)13(11)18/h3-6,8,11,15H,7H2,1-2H3/t8-,11?/m1/s1. The molecule has 0 radical (unpaired) electrons. The largest absolute Gasteiger partial charge is 0.299 e. The molecule has 18 heavy (non-hydrogen) atoms. The number of carbonyl (C=O) groups excluding carboxylic acids is 2. The first-order valence-corrected chi connectivity index (χ1v) is 6.18. The second kappa shape index (κ2) is 5.08. The van der Waals surface area contributed by atoms with Crippen LogP contribution in [0.25, 0.3) is 0 Å². The van der Waals surface area contributed by atoms with Crippen molar-refractivity contribution < 1.29 is 9.59 Å². The van der Waals surface area contributed by atoms with Gasteiger partial charge in [-0.25, -0.2) is 0 Å². The van der Waals surface area contributed by atoms with Gasteiger partial charge in [0.1, 0.15) is 0 Å². The van der Waals surface area contributed by atoms with E-state index in [0.29, 0.717) is 5.02 Å². The van der Waals surface area contributed by atoms with Crippen LogP contribution < -0.4 is 5.32 Å². The van der Waals surface area contributed by atoms with E-state index in [1.54, 1.807) is 0 Å². The van der Waals surface area contributed by atoms with Crippen LogP contribution in [0.3, 0.4) is 0 Å². The number of hydrogen-bond donors (Lipinski definition) is 1. The third-order valence-electron chi connectivity index (χ3n) is 3.20. The fraction of sp³-hybridized carbons (Fsp3) is 0.385. The summed E-state index contributed by atoms with van der Waals surface area (Å²) < 4.78 is 0. The number of halogens is 1. The molecule has 1 N–H and O–H groups in total. The van der Waals surface area contributed by atoms with Crippen molar-refractivity contribution in [2.45, 2.75) is 25.4 Å². The van der Waals surface area contributed by atoms with E-state index in [9.17, 15) is 9.59 Å². The molecule has 1 aliphatic heterocycles. The van der Waals surface area contributed by atoms with E-state index in [0.717, 1.165) is 5.56 Å². The minimum atomic E-state index is -0.423. The highest BCUT2D eigenvalue weighted by molar-refractivity contribution is 6.30. The SMILES string of the molecule is C[C@@H](NC1CC(=O)N(C)C1=O)c1ccc(Cl)cc1. The van der Waals surface area contributed by atoms with Gasteiger partial charge in [0.05, 0.1) is 12.5 Å². The normalized spacial score (nSPS) is 21.5. The van der Waals surface area contributed by atoms with Gasteiger partial charge < -0.3 is 0 Å². The molecule has 5 heteroatoms. The Morgan fingerprint density at radius 3 is 2.44 bits per heavy atom. The summed E-state index contributed by atoms with van der Waals surface area (Å²) in [5, 5.41) is 3.85. The minimum absolute atomic E-state index is 0.00415. The van der Waals surface area contributed by atoms with Crippen LogP contribution >= 0.6 is 11.6 Å². The summed E-state index contributed by atoms with van der Waals surface area (Å²) in [5.74, 6) is -0.304. The monoisotopic (exact) mass is 266 g/mol. The van der Waals surface area contributed by atoms with E-state index >= 15 is 0 Å². The van der Waals surface area contributed by atoms with Crippen LogP contribution in [0.4, 0.5) is 0 Å². The van der Waals surface area contributed by atoms with Gasteiger partial charge in [-0.1, -0.05) is 23.7 Å². The van der Waals surface area contributed by atoms with Crippen molar-refractivity contribution in [2.24, 2.45) is 0 Å². The molecule has 96 valence electrons. The molecule has 1 heterocycles. The molecule has 2 atom stereocenters. The minimum Gasteiger partial charge on any atom is -0.299 e. The molecule has 2 rings (SSSR count). The highest BCUT2D eigenvalue weighted by Crippen LogP contribution is 2.19. The fourth-order valence-corrected chi connectivity index (χ4v) is 2.16. The van der Waals surface area contributed by atoms with E-state index in [-0.39, 0.29) is 24.3 Å². The van der Waals surface area contributed by atoms with Crippen molar-refractivity contribution in [3.05, 3.63) is 34.9 Å². The molecule has 0 aliphatic carbocycles. The molecule has 0 bridgehead atoms. The number of imide groups is 1. The molecule has 2 amide bonds. The molecular formula is C13H15ClN2O2. The maximum absolute atomic E-state index is 11.8. The Morgan fingerprint density at radius 2 is 1.94 bits per heavy atom. The number of nitrogens with one attached hydrogen (secondary N) is 1. The predicted molar refractivity (Wildman–Crippen MR) is 69.2 cm³/mol. The van der Waals surface area contributed by atoms with Gasteiger partial charge in [0.15, 0.2) is 0 Å². The zero-order valence-corrected chi connectivity index (χ0v) is 11.1. The number of likely N-dealkylation sites (tertiary alicyclic amines) is 1. The van der Waals surface area contributed by atoms with Crippen molar-refractivity contribution >= 4 is 23.4 Å². The first-order chi connectivity index (χ1) is 8.49. The van der Waals surface area contributed by atoms with Gasteiger partial charge in [0.2, 0.25) is 11.8 Å². The molecule has 0 aromatic heterocycles. The number of rotatable bonds is 3. The number of nitrogens with zero attached hydrogens (tertiary/aromatic N) is 1. The van der Waals surface area contributed by atoms with E-state index in [2.05, 4.69) is 5.32 Å². The lowest BCUT2D eigenvalue weighted by Gasteiger charge is -2.18. The molecule has 0 spiro atoms. The lowest BCUT2D eigenvalue weighted by molar-refractivity contribution is -0.137. The van der Waals surface area contributed by atoms with Crippen molar-refractivity contribution in [2.75, 3.05) is 7.05 Å². The summed E-state index contributed by atoms with van der Waals surface area (Å²) in [5.41, 5.74) is 1.04. The first kappa shape index (κ1) is 13.1. The van der Waals surface area contributed by atoms with E-state index in [4.69, 9.17) is 11.6 Å². The molecular weight excluding hydrogens is 252 g/mol. The number of hydrogen-bond acceptors (Lipinski definition) is 3. The van der Waals surface area contributed by atoms with Crippen molar-refractivity contribution in [3.8, 4) is 0 Å². The summed E-state index contributed by atoms with van der Waals surface area (Å²) in [6, 6.07) is 7.00. The Balaban J connectivity index is 2.04. The number of likely N-dealkylation sites (N-methyl/N-ethyl adjacent to an activating group) is 1. The molecule has 1 saturated heterocycles. The summed E-state index contributed by atoms with van der Waals surface area (Å²) in [6.45, 7) is 1.96. The summed E-state index contributed by atoms with van der Waals surface area (Å²) in [7, 11) is 1.51. The third-order valence-corrected chi connectivity index (χ3v) is 3.45. The molecule has 1 unspecified atom stereocenters. The van der Waals surface area contributed by atoms with Crippen LogP contribution in [-0.4, -0.2) is 29.8 Å².